The Bertz CT molecular complexity index is 723. The van der Waals surface area contributed by atoms with Crippen LogP contribution in [0.4, 0.5) is 0 Å². The third-order valence-electron chi connectivity index (χ3n) is 5.75. The van der Waals surface area contributed by atoms with E-state index < -0.39 is 12.0 Å². The number of hydrogen-bond donors (Lipinski definition) is 1. The minimum Gasteiger partial charge on any atom is -0.454 e. The molecule has 0 spiro atoms. The Balaban J connectivity index is 1.90. The Morgan fingerprint density at radius 1 is 1.17 bits per heavy atom. The van der Waals surface area contributed by atoms with Crippen molar-refractivity contribution in [1.82, 2.24) is 10.2 Å². The second-order valence-corrected chi connectivity index (χ2v) is 8.59. The second-order valence-electron chi connectivity index (χ2n) is 8.59. The normalized spacial score (nSPS) is 20.1. The first-order valence-electron chi connectivity index (χ1n) is 10.5. The zero-order valence-electron chi connectivity index (χ0n) is 18.2. The van der Waals surface area contributed by atoms with Gasteiger partial charge in [-0.25, -0.2) is 4.79 Å². The summed E-state index contributed by atoms with van der Waals surface area (Å²) in [5.74, 6) is -0.574. The molecule has 6 heteroatoms. The zero-order valence-corrected chi connectivity index (χ0v) is 18.2. The smallest absolute Gasteiger partial charge is 0.329 e. The molecule has 0 radical (unpaired) electrons. The second kappa shape index (κ2) is 10.4. The molecule has 2 amide bonds. The number of benzene rings is 1. The van der Waals surface area contributed by atoms with E-state index in [2.05, 4.69) is 12.2 Å². The van der Waals surface area contributed by atoms with Crippen molar-refractivity contribution < 1.29 is 19.1 Å². The maximum atomic E-state index is 12.6. The Morgan fingerprint density at radius 2 is 1.83 bits per heavy atom. The summed E-state index contributed by atoms with van der Waals surface area (Å²) in [5.41, 5.74) is 1.46. The van der Waals surface area contributed by atoms with Gasteiger partial charge in [0.05, 0.1) is 0 Å². The molecule has 0 aromatic heterocycles. The monoisotopic (exact) mass is 402 g/mol. The molecule has 29 heavy (non-hydrogen) atoms. The fraction of sp³-hybridized carbons (Fsp3) is 0.609. The van der Waals surface area contributed by atoms with Gasteiger partial charge < -0.3 is 15.0 Å². The summed E-state index contributed by atoms with van der Waals surface area (Å²) in [6.07, 6.45) is 4.20. The van der Waals surface area contributed by atoms with Crippen LogP contribution >= 0.6 is 0 Å². The van der Waals surface area contributed by atoms with Crippen molar-refractivity contribution in [3.63, 3.8) is 0 Å². The highest BCUT2D eigenvalue weighted by molar-refractivity contribution is 5.97. The van der Waals surface area contributed by atoms with Crippen LogP contribution in [0.15, 0.2) is 24.3 Å². The number of carbonyl (C=O) groups is 3. The van der Waals surface area contributed by atoms with Crippen molar-refractivity contribution in [3.8, 4) is 0 Å². The number of carbonyl (C=O) groups excluding carboxylic acids is 3. The number of amides is 2. The standard InChI is InChI=1S/C23H34N2O4/c1-15(2)21(24-22(27)18-8-6-7-17(4)13-18)23(28)29-14-20(26)25(5)19-11-9-16(3)10-12-19/h6-8,13,15-16,19,21H,9-12,14H2,1-5H3,(H,24,27)/t16?,19?,21-/m0/s1. The van der Waals surface area contributed by atoms with Crippen molar-refractivity contribution in [2.75, 3.05) is 13.7 Å². The Morgan fingerprint density at radius 3 is 2.41 bits per heavy atom. The fourth-order valence-corrected chi connectivity index (χ4v) is 3.67. The molecule has 1 aromatic carbocycles. The lowest BCUT2D eigenvalue weighted by atomic mass is 9.87. The van der Waals surface area contributed by atoms with Gasteiger partial charge in [-0.3, -0.25) is 9.59 Å². The number of ether oxygens (including phenoxy) is 1. The highest BCUT2D eigenvalue weighted by atomic mass is 16.5. The minimum absolute atomic E-state index is 0.163. The summed E-state index contributed by atoms with van der Waals surface area (Å²) in [7, 11) is 1.77. The molecule has 6 nitrogen and oxygen atoms in total. The lowest BCUT2D eigenvalue weighted by Crippen LogP contribution is -2.47. The molecule has 0 heterocycles. The van der Waals surface area contributed by atoms with Gasteiger partial charge in [-0.05, 0) is 56.6 Å². The first-order valence-corrected chi connectivity index (χ1v) is 10.5. The van der Waals surface area contributed by atoms with Crippen molar-refractivity contribution >= 4 is 17.8 Å². The van der Waals surface area contributed by atoms with Crippen molar-refractivity contribution in [3.05, 3.63) is 35.4 Å². The summed E-state index contributed by atoms with van der Waals surface area (Å²) < 4.78 is 5.28. The van der Waals surface area contributed by atoms with Crippen LogP contribution in [0.3, 0.4) is 0 Å². The fourth-order valence-electron chi connectivity index (χ4n) is 3.67. The average molecular weight is 403 g/mol. The van der Waals surface area contributed by atoms with Gasteiger partial charge in [-0.1, -0.05) is 38.5 Å². The van der Waals surface area contributed by atoms with Crippen molar-refractivity contribution in [2.45, 2.75) is 65.5 Å². The number of nitrogens with one attached hydrogen (secondary N) is 1. The van der Waals surface area contributed by atoms with Crippen LogP contribution < -0.4 is 5.32 Å². The number of likely N-dealkylation sites (N-methyl/N-ethyl adjacent to an activating group) is 1. The third kappa shape index (κ3) is 6.58. The van der Waals surface area contributed by atoms with Gasteiger partial charge in [0.25, 0.3) is 11.8 Å². The molecule has 2 rings (SSSR count). The van der Waals surface area contributed by atoms with Crippen molar-refractivity contribution in [2.24, 2.45) is 11.8 Å². The summed E-state index contributed by atoms with van der Waals surface area (Å²) in [6.45, 7) is 7.50. The number of esters is 1. The van der Waals surface area contributed by atoms with Crippen LogP contribution in [0.1, 0.15) is 62.4 Å². The SMILES string of the molecule is Cc1cccc(C(=O)N[C@H](C(=O)OCC(=O)N(C)C2CCC(C)CC2)C(C)C)c1. The molecule has 0 bridgehead atoms. The van der Waals surface area contributed by atoms with Crippen LogP contribution in [0.2, 0.25) is 0 Å². The highest BCUT2D eigenvalue weighted by Crippen LogP contribution is 2.26. The number of nitrogens with zero attached hydrogens (tertiary/aromatic N) is 1. The van der Waals surface area contributed by atoms with Gasteiger partial charge in [0.1, 0.15) is 6.04 Å². The lowest BCUT2D eigenvalue weighted by Gasteiger charge is -2.33. The first-order chi connectivity index (χ1) is 13.7. The Kier molecular flexibility index (Phi) is 8.23. The van der Waals surface area contributed by atoms with Crippen LogP contribution in [0.5, 0.6) is 0 Å². The van der Waals surface area contributed by atoms with E-state index in [1.54, 1.807) is 30.1 Å². The molecule has 1 aliphatic rings. The summed E-state index contributed by atoms with van der Waals surface area (Å²) in [6, 6.07) is 6.57. The van der Waals surface area contributed by atoms with E-state index in [0.29, 0.717) is 11.5 Å². The van der Waals surface area contributed by atoms with Crippen LogP contribution in [0, 0.1) is 18.8 Å². The quantitative estimate of drug-likeness (QED) is 0.710. The molecule has 160 valence electrons. The van der Waals surface area contributed by atoms with Gasteiger partial charge in [-0.2, -0.15) is 0 Å². The van der Waals surface area contributed by atoms with Gasteiger partial charge >= 0.3 is 5.97 Å². The predicted octanol–water partition coefficient (Wildman–Crippen LogP) is 3.33. The number of aryl methyl sites for hydroxylation is 1. The molecular formula is C23H34N2O4. The summed E-state index contributed by atoms with van der Waals surface area (Å²) in [5, 5.41) is 2.74. The molecule has 0 unspecified atom stereocenters. The van der Waals surface area contributed by atoms with Gasteiger partial charge in [0, 0.05) is 18.7 Å². The lowest BCUT2D eigenvalue weighted by molar-refractivity contribution is -0.155. The van der Waals surface area contributed by atoms with E-state index in [0.717, 1.165) is 31.2 Å². The van der Waals surface area contributed by atoms with Crippen molar-refractivity contribution in [1.29, 1.82) is 0 Å². The summed E-state index contributed by atoms with van der Waals surface area (Å²) >= 11 is 0. The molecule has 1 saturated carbocycles. The maximum Gasteiger partial charge on any atom is 0.329 e. The highest BCUT2D eigenvalue weighted by Gasteiger charge is 2.29. The van der Waals surface area contributed by atoms with E-state index in [1.807, 2.05) is 26.8 Å². The molecule has 1 atom stereocenters. The van der Waals surface area contributed by atoms with Gasteiger partial charge in [0.2, 0.25) is 0 Å². The van der Waals surface area contributed by atoms with Crippen LogP contribution in [-0.2, 0) is 14.3 Å². The van der Waals surface area contributed by atoms with Gasteiger partial charge in [-0.15, -0.1) is 0 Å². The summed E-state index contributed by atoms with van der Waals surface area (Å²) in [4.78, 5) is 39.2. The predicted molar refractivity (Wildman–Crippen MR) is 112 cm³/mol. The Labute approximate surface area is 174 Å². The van der Waals surface area contributed by atoms with Crippen LogP contribution in [0.25, 0.3) is 0 Å². The number of hydrogen-bond acceptors (Lipinski definition) is 4. The topological polar surface area (TPSA) is 75.7 Å². The minimum atomic E-state index is -0.809. The van der Waals surface area contributed by atoms with E-state index in [4.69, 9.17) is 4.74 Å². The molecular weight excluding hydrogens is 368 g/mol. The largest absolute Gasteiger partial charge is 0.454 e. The van der Waals surface area contributed by atoms with E-state index in [1.165, 1.54) is 0 Å². The van der Waals surface area contributed by atoms with E-state index in [-0.39, 0.29) is 30.4 Å². The zero-order chi connectivity index (χ0) is 21.6. The maximum absolute atomic E-state index is 12.6. The third-order valence-corrected chi connectivity index (χ3v) is 5.75. The molecule has 1 aliphatic carbocycles. The first kappa shape index (κ1) is 22.9. The molecule has 1 fully saturated rings. The van der Waals surface area contributed by atoms with E-state index >= 15 is 0 Å². The molecule has 1 aromatic rings. The molecule has 1 N–H and O–H groups in total. The van der Waals surface area contributed by atoms with Gasteiger partial charge in [0.15, 0.2) is 6.61 Å². The molecule has 0 saturated heterocycles. The average Bonchev–Trinajstić information content (AvgIpc) is 2.69. The van der Waals surface area contributed by atoms with E-state index in [9.17, 15) is 14.4 Å². The Hall–Kier alpha value is -2.37. The number of rotatable bonds is 7. The molecule has 0 aliphatic heterocycles. The van der Waals surface area contributed by atoms with Crippen LogP contribution in [-0.4, -0.2) is 48.4 Å².